The predicted octanol–water partition coefficient (Wildman–Crippen LogP) is 18.6. The number of anilines is 3. The van der Waals surface area contributed by atoms with E-state index in [0.29, 0.717) is 0 Å². The summed E-state index contributed by atoms with van der Waals surface area (Å²) in [6.07, 6.45) is 0. The molecule has 0 radical (unpaired) electrons. The van der Waals surface area contributed by atoms with E-state index < -0.39 is 5.41 Å². The lowest BCUT2D eigenvalue weighted by Crippen LogP contribution is -2.28. The molecular weight excluding hydrogens is 851 g/mol. The molecule has 1 heterocycles. The largest absolute Gasteiger partial charge is 0.310 e. The van der Waals surface area contributed by atoms with Crippen LogP contribution in [0.2, 0.25) is 0 Å². The van der Waals surface area contributed by atoms with Crippen molar-refractivity contribution in [1.82, 2.24) is 0 Å². The van der Waals surface area contributed by atoms with Gasteiger partial charge in [0, 0.05) is 42.7 Å². The van der Waals surface area contributed by atoms with E-state index in [1.807, 2.05) is 11.3 Å². The highest BCUT2D eigenvalue weighted by Crippen LogP contribution is 2.57. The highest BCUT2D eigenvalue weighted by molar-refractivity contribution is 7.26. The molecule has 2 heteroatoms. The summed E-state index contributed by atoms with van der Waals surface area (Å²) < 4.78 is 2.59. The first kappa shape index (κ1) is 40.7. The van der Waals surface area contributed by atoms with Crippen LogP contribution in [0.4, 0.5) is 17.1 Å². The Labute approximate surface area is 407 Å². The Morgan fingerprint density at radius 1 is 0.290 bits per heavy atom. The molecule has 0 fully saturated rings. The first-order valence-corrected chi connectivity index (χ1v) is 24.6. The van der Waals surface area contributed by atoms with Crippen molar-refractivity contribution in [3.05, 3.63) is 295 Å². The Kier molecular flexibility index (Phi) is 10.00. The summed E-state index contributed by atoms with van der Waals surface area (Å²) in [5.41, 5.74) is 20.2. The fraction of sp³-hybridized carbons (Fsp3) is 0.0149. The minimum atomic E-state index is -0.477. The van der Waals surface area contributed by atoms with Crippen LogP contribution in [-0.2, 0) is 5.41 Å². The van der Waals surface area contributed by atoms with Gasteiger partial charge in [-0.3, -0.25) is 0 Å². The zero-order chi connectivity index (χ0) is 45.7. The summed E-state index contributed by atoms with van der Waals surface area (Å²) in [6.45, 7) is 0. The molecule has 11 aromatic carbocycles. The quantitative estimate of drug-likeness (QED) is 0.140. The van der Waals surface area contributed by atoms with Crippen LogP contribution in [-0.4, -0.2) is 0 Å². The Bertz CT molecular complexity index is 3760. The molecule has 1 aliphatic rings. The van der Waals surface area contributed by atoms with Gasteiger partial charge in [-0.2, -0.15) is 0 Å². The van der Waals surface area contributed by atoms with Crippen molar-refractivity contribution in [3.8, 4) is 55.6 Å². The standard InChI is InChI=1S/C67H45NS/c1-5-19-46(20-6-1)47-33-38-54(39-34-47)68(64-31-17-14-27-56(64)48-21-7-2-8-22-48)55-40-35-49(36-41-55)60-43-51(44-61-59-29-15-18-32-65(59)69-66(60)61)50-37-42-58-57-28-13-16-30-62(57)67(63(58)45-50,52-23-9-3-10-24-52)53-25-11-4-12-26-53/h1-45H. The molecule has 0 saturated heterocycles. The molecule has 0 saturated carbocycles. The molecule has 0 aliphatic heterocycles. The zero-order valence-electron chi connectivity index (χ0n) is 37.8. The van der Waals surface area contributed by atoms with Gasteiger partial charge >= 0.3 is 0 Å². The number of hydrogen-bond acceptors (Lipinski definition) is 2. The molecule has 13 rings (SSSR count). The van der Waals surface area contributed by atoms with Crippen molar-refractivity contribution in [2.45, 2.75) is 5.41 Å². The van der Waals surface area contributed by atoms with E-state index in [4.69, 9.17) is 0 Å². The van der Waals surface area contributed by atoms with Gasteiger partial charge < -0.3 is 4.90 Å². The molecule has 1 aromatic heterocycles. The maximum absolute atomic E-state index is 2.49. The van der Waals surface area contributed by atoms with Crippen molar-refractivity contribution < 1.29 is 0 Å². The molecule has 1 aliphatic carbocycles. The third-order valence-corrected chi connectivity index (χ3v) is 15.4. The second-order valence-electron chi connectivity index (χ2n) is 18.0. The van der Waals surface area contributed by atoms with E-state index >= 15 is 0 Å². The van der Waals surface area contributed by atoms with Gasteiger partial charge in [-0.05, 0) is 121 Å². The van der Waals surface area contributed by atoms with E-state index in [1.165, 1.54) is 98.1 Å². The first-order valence-electron chi connectivity index (χ1n) is 23.7. The second-order valence-corrected chi connectivity index (χ2v) is 19.0. The van der Waals surface area contributed by atoms with Crippen molar-refractivity contribution in [3.63, 3.8) is 0 Å². The minimum Gasteiger partial charge on any atom is -0.310 e. The molecule has 0 amide bonds. The van der Waals surface area contributed by atoms with Crippen LogP contribution in [0.3, 0.4) is 0 Å². The van der Waals surface area contributed by atoms with Gasteiger partial charge in [0.15, 0.2) is 0 Å². The summed E-state index contributed by atoms with van der Waals surface area (Å²) >= 11 is 1.89. The molecule has 69 heavy (non-hydrogen) atoms. The van der Waals surface area contributed by atoms with Crippen LogP contribution in [0.1, 0.15) is 22.3 Å². The number of para-hydroxylation sites is 1. The Morgan fingerprint density at radius 3 is 1.46 bits per heavy atom. The van der Waals surface area contributed by atoms with Crippen LogP contribution < -0.4 is 4.90 Å². The number of thiophene rings is 1. The van der Waals surface area contributed by atoms with E-state index in [1.54, 1.807) is 0 Å². The molecule has 0 bridgehead atoms. The lowest BCUT2D eigenvalue weighted by Gasteiger charge is -2.34. The second kappa shape index (κ2) is 16.9. The number of hydrogen-bond donors (Lipinski definition) is 0. The van der Waals surface area contributed by atoms with Crippen LogP contribution in [0.5, 0.6) is 0 Å². The summed E-state index contributed by atoms with van der Waals surface area (Å²) in [5.74, 6) is 0. The number of benzene rings is 11. The molecular formula is C67H45NS. The molecule has 0 N–H and O–H groups in total. The normalized spacial score (nSPS) is 12.5. The minimum absolute atomic E-state index is 0.477. The summed E-state index contributed by atoms with van der Waals surface area (Å²) in [6, 6.07) is 100. The van der Waals surface area contributed by atoms with E-state index in [-0.39, 0.29) is 0 Å². The molecule has 0 atom stereocenters. The number of nitrogens with zero attached hydrogens (tertiary/aromatic N) is 1. The molecule has 12 aromatic rings. The fourth-order valence-corrected chi connectivity index (χ4v) is 12.2. The van der Waals surface area contributed by atoms with Gasteiger partial charge in [-0.25, -0.2) is 0 Å². The van der Waals surface area contributed by atoms with Crippen molar-refractivity contribution in [2.75, 3.05) is 4.90 Å². The topological polar surface area (TPSA) is 3.24 Å². The smallest absolute Gasteiger partial charge is 0.0713 e. The number of rotatable bonds is 9. The van der Waals surface area contributed by atoms with Gasteiger partial charge in [0.2, 0.25) is 0 Å². The average molecular weight is 896 g/mol. The van der Waals surface area contributed by atoms with E-state index in [2.05, 4.69) is 278 Å². The Hall–Kier alpha value is -8.56. The van der Waals surface area contributed by atoms with Crippen LogP contribution in [0.15, 0.2) is 273 Å². The highest BCUT2D eigenvalue weighted by atomic mass is 32.1. The summed E-state index contributed by atoms with van der Waals surface area (Å²) in [5, 5.41) is 2.57. The van der Waals surface area contributed by atoms with Crippen LogP contribution in [0, 0.1) is 0 Å². The molecule has 0 spiro atoms. The van der Waals surface area contributed by atoms with Gasteiger partial charge in [-0.15, -0.1) is 11.3 Å². The Balaban J connectivity index is 0.975. The van der Waals surface area contributed by atoms with Crippen molar-refractivity contribution >= 4 is 48.6 Å². The van der Waals surface area contributed by atoms with Crippen molar-refractivity contribution in [1.29, 1.82) is 0 Å². The summed E-state index contributed by atoms with van der Waals surface area (Å²) in [7, 11) is 0. The third kappa shape index (κ3) is 6.83. The SMILES string of the molecule is c1ccc(-c2ccc(N(c3ccc(-c4cc(-c5ccc6c(c5)C(c5ccccc5)(c5ccccc5)c5ccccc5-6)cc5c4sc4ccccc45)cc3)c3ccccc3-c3ccccc3)cc2)cc1. The van der Waals surface area contributed by atoms with Gasteiger partial charge in [0.05, 0.1) is 11.1 Å². The summed E-state index contributed by atoms with van der Waals surface area (Å²) in [4.78, 5) is 2.40. The van der Waals surface area contributed by atoms with Gasteiger partial charge in [0.25, 0.3) is 0 Å². The van der Waals surface area contributed by atoms with Crippen LogP contribution in [0.25, 0.3) is 75.8 Å². The zero-order valence-corrected chi connectivity index (χ0v) is 38.7. The van der Waals surface area contributed by atoms with Gasteiger partial charge in [-0.1, -0.05) is 218 Å². The average Bonchev–Trinajstić information content (AvgIpc) is 3.96. The predicted molar refractivity (Wildman–Crippen MR) is 293 cm³/mol. The third-order valence-electron chi connectivity index (χ3n) is 14.2. The lowest BCUT2D eigenvalue weighted by molar-refractivity contribution is 0.769. The van der Waals surface area contributed by atoms with E-state index in [0.717, 1.165) is 17.1 Å². The fourth-order valence-electron chi connectivity index (χ4n) is 11.0. The maximum atomic E-state index is 2.49. The highest BCUT2D eigenvalue weighted by Gasteiger charge is 2.46. The Morgan fingerprint density at radius 2 is 0.783 bits per heavy atom. The first-order chi connectivity index (χ1) is 34.2. The van der Waals surface area contributed by atoms with Crippen molar-refractivity contribution in [2.24, 2.45) is 0 Å². The van der Waals surface area contributed by atoms with E-state index in [9.17, 15) is 0 Å². The molecule has 1 nitrogen and oxygen atoms in total. The monoisotopic (exact) mass is 895 g/mol. The number of fused-ring (bicyclic) bond motifs is 6. The molecule has 324 valence electrons. The van der Waals surface area contributed by atoms with Crippen LogP contribution >= 0.6 is 11.3 Å². The molecule has 0 unspecified atom stereocenters. The lowest BCUT2D eigenvalue weighted by atomic mass is 9.67. The van der Waals surface area contributed by atoms with Gasteiger partial charge in [0.1, 0.15) is 0 Å². The maximum Gasteiger partial charge on any atom is 0.0713 e.